The van der Waals surface area contributed by atoms with Gasteiger partial charge >= 0.3 is 0 Å². The van der Waals surface area contributed by atoms with Gasteiger partial charge in [0.2, 0.25) is 0 Å². The summed E-state index contributed by atoms with van der Waals surface area (Å²) in [4.78, 5) is 22.7. The molecule has 6 heteroatoms. The van der Waals surface area contributed by atoms with Crippen LogP contribution in [0, 0.1) is 0 Å². The van der Waals surface area contributed by atoms with E-state index in [2.05, 4.69) is 10.6 Å². The first-order valence-corrected chi connectivity index (χ1v) is 5.84. The summed E-state index contributed by atoms with van der Waals surface area (Å²) in [7, 11) is 3.00. The zero-order chi connectivity index (χ0) is 14.3. The van der Waals surface area contributed by atoms with E-state index in [0.29, 0.717) is 11.4 Å². The number of rotatable bonds is 6. The predicted molar refractivity (Wildman–Crippen MR) is 71.1 cm³/mol. The molecule has 0 radical (unpaired) electrons. The summed E-state index contributed by atoms with van der Waals surface area (Å²) in [5.74, 6) is 0.0415. The number of amides is 2. The van der Waals surface area contributed by atoms with Crippen LogP contribution in [0.2, 0.25) is 0 Å². The number of carbonyl (C=O) groups is 2. The molecular formula is C13H18N2O4. The van der Waals surface area contributed by atoms with Crippen molar-refractivity contribution in [3.8, 4) is 5.75 Å². The lowest BCUT2D eigenvalue weighted by atomic mass is 10.3. The lowest BCUT2D eigenvalue weighted by molar-refractivity contribution is -0.124. The lowest BCUT2D eigenvalue weighted by Crippen LogP contribution is -2.26. The molecule has 0 aliphatic rings. The van der Waals surface area contributed by atoms with Crippen LogP contribution in [-0.2, 0) is 14.3 Å². The first-order valence-electron chi connectivity index (χ1n) is 5.84. The highest BCUT2D eigenvalue weighted by Crippen LogP contribution is 2.17. The molecule has 1 rings (SSSR count). The summed E-state index contributed by atoms with van der Waals surface area (Å²) in [5, 5.41) is 5.14. The van der Waals surface area contributed by atoms with Gasteiger partial charge in [0.05, 0.1) is 0 Å². The molecule has 104 valence electrons. The number of anilines is 1. The SMILES string of the molecule is CNC(=O)COc1cccc(NC(=O)C(C)OC)c1. The van der Waals surface area contributed by atoms with Crippen LogP contribution in [0.3, 0.4) is 0 Å². The van der Waals surface area contributed by atoms with Crippen molar-refractivity contribution >= 4 is 17.5 Å². The van der Waals surface area contributed by atoms with Gasteiger partial charge in [0.15, 0.2) is 6.61 Å². The molecule has 0 aliphatic carbocycles. The third-order valence-corrected chi connectivity index (χ3v) is 2.47. The van der Waals surface area contributed by atoms with E-state index >= 15 is 0 Å². The van der Waals surface area contributed by atoms with Gasteiger partial charge in [0.1, 0.15) is 11.9 Å². The van der Waals surface area contributed by atoms with E-state index in [1.165, 1.54) is 14.2 Å². The van der Waals surface area contributed by atoms with Crippen molar-refractivity contribution < 1.29 is 19.1 Å². The Morgan fingerprint density at radius 2 is 2.11 bits per heavy atom. The largest absolute Gasteiger partial charge is 0.484 e. The molecule has 1 unspecified atom stereocenters. The maximum atomic E-state index is 11.6. The Bertz CT molecular complexity index is 448. The maximum Gasteiger partial charge on any atom is 0.257 e. The Kier molecular flexibility index (Phi) is 5.81. The molecule has 0 heterocycles. The molecule has 2 N–H and O–H groups in total. The van der Waals surface area contributed by atoms with E-state index < -0.39 is 6.10 Å². The van der Waals surface area contributed by atoms with Crippen LogP contribution in [0.1, 0.15) is 6.92 Å². The van der Waals surface area contributed by atoms with Crippen molar-refractivity contribution in [3.05, 3.63) is 24.3 Å². The molecule has 0 fully saturated rings. The minimum absolute atomic E-state index is 0.0671. The van der Waals surface area contributed by atoms with Crippen LogP contribution in [0.25, 0.3) is 0 Å². The summed E-state index contributed by atoms with van der Waals surface area (Å²) >= 11 is 0. The van der Waals surface area contributed by atoms with Crippen LogP contribution in [0.5, 0.6) is 5.75 Å². The number of benzene rings is 1. The number of hydrogen-bond acceptors (Lipinski definition) is 4. The smallest absolute Gasteiger partial charge is 0.257 e. The first kappa shape index (κ1) is 15.0. The van der Waals surface area contributed by atoms with Gasteiger partial charge < -0.3 is 20.1 Å². The fraction of sp³-hybridized carbons (Fsp3) is 0.385. The highest BCUT2D eigenvalue weighted by atomic mass is 16.5. The van der Waals surface area contributed by atoms with Gasteiger partial charge in [0.25, 0.3) is 11.8 Å². The second kappa shape index (κ2) is 7.38. The van der Waals surface area contributed by atoms with E-state index in [4.69, 9.17) is 9.47 Å². The standard InChI is InChI=1S/C13H18N2O4/c1-9(18-3)13(17)15-10-5-4-6-11(7-10)19-8-12(16)14-2/h4-7,9H,8H2,1-3H3,(H,14,16)(H,15,17). The average Bonchev–Trinajstić information content (AvgIpc) is 2.44. The van der Waals surface area contributed by atoms with Crippen LogP contribution >= 0.6 is 0 Å². The molecule has 0 saturated carbocycles. The van der Waals surface area contributed by atoms with E-state index in [9.17, 15) is 9.59 Å². The van der Waals surface area contributed by atoms with Gasteiger partial charge in [-0.15, -0.1) is 0 Å². The fourth-order valence-electron chi connectivity index (χ4n) is 1.24. The van der Waals surface area contributed by atoms with Crippen molar-refractivity contribution in [3.63, 3.8) is 0 Å². The topological polar surface area (TPSA) is 76.7 Å². The highest BCUT2D eigenvalue weighted by molar-refractivity contribution is 5.94. The lowest BCUT2D eigenvalue weighted by Gasteiger charge is -2.11. The molecule has 2 amide bonds. The maximum absolute atomic E-state index is 11.6. The molecular weight excluding hydrogens is 248 g/mol. The summed E-state index contributed by atoms with van der Waals surface area (Å²) in [6, 6.07) is 6.81. The zero-order valence-electron chi connectivity index (χ0n) is 11.2. The minimum Gasteiger partial charge on any atom is -0.484 e. The van der Waals surface area contributed by atoms with E-state index in [-0.39, 0.29) is 18.4 Å². The molecule has 0 saturated heterocycles. The Balaban J connectivity index is 2.61. The third kappa shape index (κ3) is 4.97. The fourth-order valence-corrected chi connectivity index (χ4v) is 1.24. The Morgan fingerprint density at radius 1 is 1.37 bits per heavy atom. The third-order valence-electron chi connectivity index (χ3n) is 2.47. The van der Waals surface area contributed by atoms with Gasteiger partial charge in [-0.3, -0.25) is 9.59 Å². The average molecular weight is 266 g/mol. The van der Waals surface area contributed by atoms with E-state index in [1.807, 2.05) is 0 Å². The van der Waals surface area contributed by atoms with Crippen LogP contribution < -0.4 is 15.4 Å². The molecule has 19 heavy (non-hydrogen) atoms. The normalized spacial score (nSPS) is 11.5. The van der Waals surface area contributed by atoms with Crippen LogP contribution in [0.4, 0.5) is 5.69 Å². The number of methoxy groups -OCH3 is 1. The number of likely N-dealkylation sites (N-methyl/N-ethyl adjacent to an activating group) is 1. The number of carbonyl (C=O) groups excluding carboxylic acids is 2. The van der Waals surface area contributed by atoms with E-state index in [0.717, 1.165) is 0 Å². The predicted octanol–water partition coefficient (Wildman–Crippen LogP) is 0.785. The quantitative estimate of drug-likeness (QED) is 0.798. The second-order valence-electron chi connectivity index (χ2n) is 3.86. The number of hydrogen-bond donors (Lipinski definition) is 2. The summed E-state index contributed by atoms with van der Waals surface area (Å²) < 4.78 is 10.2. The molecule has 1 aromatic rings. The Labute approximate surface area is 112 Å². The second-order valence-corrected chi connectivity index (χ2v) is 3.86. The zero-order valence-corrected chi connectivity index (χ0v) is 11.2. The highest BCUT2D eigenvalue weighted by Gasteiger charge is 2.11. The van der Waals surface area contributed by atoms with Gasteiger partial charge in [-0.2, -0.15) is 0 Å². The summed E-state index contributed by atoms with van der Waals surface area (Å²) in [5.41, 5.74) is 0.586. The van der Waals surface area contributed by atoms with Crippen molar-refractivity contribution in [1.29, 1.82) is 0 Å². The molecule has 0 spiro atoms. The molecule has 0 aromatic heterocycles. The monoisotopic (exact) mass is 266 g/mol. The van der Waals surface area contributed by atoms with Crippen molar-refractivity contribution in [1.82, 2.24) is 5.32 Å². The van der Waals surface area contributed by atoms with Gasteiger partial charge in [0, 0.05) is 25.9 Å². The molecule has 6 nitrogen and oxygen atoms in total. The Morgan fingerprint density at radius 3 is 2.74 bits per heavy atom. The van der Waals surface area contributed by atoms with Gasteiger partial charge in [-0.05, 0) is 19.1 Å². The van der Waals surface area contributed by atoms with Crippen molar-refractivity contribution in [2.45, 2.75) is 13.0 Å². The molecule has 0 bridgehead atoms. The molecule has 0 aliphatic heterocycles. The van der Waals surface area contributed by atoms with Crippen molar-refractivity contribution in [2.24, 2.45) is 0 Å². The van der Waals surface area contributed by atoms with Gasteiger partial charge in [-0.1, -0.05) is 6.07 Å². The Hall–Kier alpha value is -2.08. The van der Waals surface area contributed by atoms with Crippen LogP contribution in [0.15, 0.2) is 24.3 Å². The summed E-state index contributed by atoms with van der Waals surface area (Å²) in [6.07, 6.45) is -0.532. The van der Waals surface area contributed by atoms with Gasteiger partial charge in [-0.25, -0.2) is 0 Å². The minimum atomic E-state index is -0.532. The summed E-state index contributed by atoms with van der Waals surface area (Å²) in [6.45, 7) is 1.59. The molecule has 1 atom stereocenters. The number of ether oxygens (including phenoxy) is 2. The molecule has 1 aromatic carbocycles. The van der Waals surface area contributed by atoms with E-state index in [1.54, 1.807) is 31.2 Å². The van der Waals surface area contributed by atoms with Crippen molar-refractivity contribution in [2.75, 3.05) is 26.1 Å². The number of nitrogens with one attached hydrogen (secondary N) is 2. The van der Waals surface area contributed by atoms with Crippen LogP contribution in [-0.4, -0.2) is 38.7 Å². The first-order chi connectivity index (χ1) is 9.06.